The Bertz CT molecular complexity index is 461. The van der Waals surface area contributed by atoms with Crippen LogP contribution in [-0.4, -0.2) is 21.6 Å². The number of carbonyl (C=O) groups excluding carboxylic acids is 1. The number of carbonyl (C=O) groups is 1. The van der Waals surface area contributed by atoms with E-state index in [9.17, 15) is 4.79 Å². The highest BCUT2D eigenvalue weighted by atomic mass is 16.2. The number of amides is 1. The van der Waals surface area contributed by atoms with Crippen LogP contribution in [0.2, 0.25) is 0 Å². The van der Waals surface area contributed by atoms with Gasteiger partial charge in [0.05, 0.1) is 5.92 Å². The average molecular weight is 218 g/mol. The standard InChI is InChI=1S/C11H14N4O/c1-6-5-7(2)13-11(12-6)15-10(16)8(3)9(4)14-15/h5,8H,1-4H3/t8-/m0/s1. The van der Waals surface area contributed by atoms with Gasteiger partial charge in [-0.05, 0) is 33.8 Å². The predicted octanol–water partition coefficient (Wildman–Crippen LogP) is 1.45. The third kappa shape index (κ3) is 1.68. The van der Waals surface area contributed by atoms with Crippen LogP contribution in [0, 0.1) is 19.8 Å². The van der Waals surface area contributed by atoms with Gasteiger partial charge in [-0.2, -0.15) is 10.1 Å². The SMILES string of the molecule is CC1=NN(c2nc(C)cc(C)n2)C(=O)[C@H]1C. The van der Waals surface area contributed by atoms with Crippen LogP contribution in [0.5, 0.6) is 0 Å². The number of nitrogens with zero attached hydrogens (tertiary/aromatic N) is 4. The van der Waals surface area contributed by atoms with Crippen molar-refractivity contribution in [3.05, 3.63) is 17.5 Å². The molecule has 0 saturated heterocycles. The molecular formula is C11H14N4O. The van der Waals surface area contributed by atoms with E-state index in [-0.39, 0.29) is 11.8 Å². The molecule has 0 fully saturated rings. The molecule has 0 N–H and O–H groups in total. The second-order valence-corrected chi connectivity index (χ2v) is 4.06. The van der Waals surface area contributed by atoms with Crippen molar-refractivity contribution in [1.82, 2.24) is 9.97 Å². The molecular weight excluding hydrogens is 204 g/mol. The summed E-state index contributed by atoms with van der Waals surface area (Å²) in [7, 11) is 0. The summed E-state index contributed by atoms with van der Waals surface area (Å²) in [5, 5.41) is 5.47. The maximum absolute atomic E-state index is 11.9. The predicted molar refractivity (Wildman–Crippen MR) is 61.3 cm³/mol. The Kier molecular flexibility index (Phi) is 2.46. The van der Waals surface area contributed by atoms with Crippen LogP contribution in [-0.2, 0) is 4.79 Å². The van der Waals surface area contributed by atoms with Gasteiger partial charge in [0.2, 0.25) is 0 Å². The van der Waals surface area contributed by atoms with Gasteiger partial charge in [-0.15, -0.1) is 0 Å². The molecule has 0 saturated carbocycles. The fourth-order valence-corrected chi connectivity index (χ4v) is 1.60. The van der Waals surface area contributed by atoms with Gasteiger partial charge in [-0.3, -0.25) is 4.79 Å². The van der Waals surface area contributed by atoms with E-state index >= 15 is 0 Å². The van der Waals surface area contributed by atoms with Crippen LogP contribution in [0.25, 0.3) is 0 Å². The highest BCUT2D eigenvalue weighted by Crippen LogP contribution is 2.20. The third-order valence-corrected chi connectivity index (χ3v) is 2.62. The third-order valence-electron chi connectivity index (χ3n) is 2.62. The fourth-order valence-electron chi connectivity index (χ4n) is 1.60. The topological polar surface area (TPSA) is 58.5 Å². The van der Waals surface area contributed by atoms with Crippen molar-refractivity contribution in [3.8, 4) is 0 Å². The molecule has 1 atom stereocenters. The van der Waals surface area contributed by atoms with Gasteiger partial charge in [0.15, 0.2) is 0 Å². The zero-order valence-electron chi connectivity index (χ0n) is 9.85. The molecule has 0 aromatic carbocycles. The van der Waals surface area contributed by atoms with E-state index < -0.39 is 0 Å². The molecule has 0 aliphatic carbocycles. The minimum absolute atomic E-state index is 0.0671. The monoisotopic (exact) mass is 218 g/mol. The summed E-state index contributed by atoms with van der Waals surface area (Å²) in [5.74, 6) is 0.123. The molecule has 0 unspecified atom stereocenters. The molecule has 2 rings (SSSR count). The van der Waals surface area contributed by atoms with Crippen molar-refractivity contribution >= 4 is 17.6 Å². The molecule has 1 aromatic heterocycles. The molecule has 0 radical (unpaired) electrons. The van der Waals surface area contributed by atoms with E-state index in [0.29, 0.717) is 5.95 Å². The number of hydrazone groups is 1. The van der Waals surface area contributed by atoms with E-state index in [0.717, 1.165) is 17.1 Å². The van der Waals surface area contributed by atoms with Gasteiger partial charge in [0.25, 0.3) is 11.9 Å². The van der Waals surface area contributed by atoms with Crippen LogP contribution < -0.4 is 5.01 Å². The molecule has 1 amide bonds. The molecule has 1 aliphatic heterocycles. The van der Waals surface area contributed by atoms with E-state index in [4.69, 9.17) is 0 Å². The van der Waals surface area contributed by atoms with E-state index in [1.165, 1.54) is 5.01 Å². The van der Waals surface area contributed by atoms with Crippen molar-refractivity contribution in [2.24, 2.45) is 11.0 Å². The molecule has 5 heteroatoms. The zero-order valence-corrected chi connectivity index (χ0v) is 9.85. The Balaban J connectivity index is 2.42. The Morgan fingerprint density at radius 1 is 1.19 bits per heavy atom. The number of hydrogen-bond donors (Lipinski definition) is 0. The highest BCUT2D eigenvalue weighted by molar-refractivity contribution is 6.13. The molecule has 84 valence electrons. The highest BCUT2D eigenvalue weighted by Gasteiger charge is 2.32. The number of anilines is 1. The number of hydrogen-bond acceptors (Lipinski definition) is 4. The lowest BCUT2D eigenvalue weighted by Crippen LogP contribution is -2.27. The van der Waals surface area contributed by atoms with Crippen molar-refractivity contribution in [2.75, 3.05) is 5.01 Å². The van der Waals surface area contributed by atoms with Crippen LogP contribution in [0.3, 0.4) is 0 Å². The first kappa shape index (κ1) is 10.7. The lowest BCUT2D eigenvalue weighted by molar-refractivity contribution is -0.119. The molecule has 5 nitrogen and oxygen atoms in total. The quantitative estimate of drug-likeness (QED) is 0.716. The summed E-state index contributed by atoms with van der Waals surface area (Å²) in [6.45, 7) is 7.42. The first-order valence-corrected chi connectivity index (χ1v) is 5.20. The fraction of sp³-hybridized carbons (Fsp3) is 0.455. The summed E-state index contributed by atoms with van der Waals surface area (Å²) in [6, 6.07) is 1.87. The van der Waals surface area contributed by atoms with Gasteiger partial charge in [0, 0.05) is 17.1 Å². The first-order valence-electron chi connectivity index (χ1n) is 5.20. The van der Waals surface area contributed by atoms with Crippen molar-refractivity contribution in [2.45, 2.75) is 27.7 Å². The Labute approximate surface area is 94.2 Å². The lowest BCUT2D eigenvalue weighted by atomic mass is 10.1. The molecule has 2 heterocycles. The summed E-state index contributed by atoms with van der Waals surface area (Å²) in [4.78, 5) is 20.3. The zero-order chi connectivity index (χ0) is 11.9. The Morgan fingerprint density at radius 2 is 1.75 bits per heavy atom. The number of aryl methyl sites for hydroxylation is 2. The number of rotatable bonds is 1. The van der Waals surface area contributed by atoms with Crippen molar-refractivity contribution < 1.29 is 4.79 Å². The smallest absolute Gasteiger partial charge is 0.258 e. The lowest BCUT2D eigenvalue weighted by Gasteiger charge is -2.11. The molecule has 0 spiro atoms. The molecule has 16 heavy (non-hydrogen) atoms. The summed E-state index contributed by atoms with van der Waals surface area (Å²) in [6.07, 6.45) is 0. The van der Waals surface area contributed by atoms with Gasteiger partial charge in [0.1, 0.15) is 0 Å². The molecule has 1 aliphatic rings. The van der Waals surface area contributed by atoms with Crippen LogP contribution in [0.15, 0.2) is 11.2 Å². The minimum atomic E-state index is -0.176. The first-order chi connectivity index (χ1) is 7.49. The van der Waals surface area contributed by atoms with Crippen LogP contribution in [0.4, 0.5) is 5.95 Å². The largest absolute Gasteiger partial charge is 0.272 e. The number of aromatic nitrogens is 2. The second kappa shape index (κ2) is 3.66. The Hall–Kier alpha value is -1.78. The van der Waals surface area contributed by atoms with Crippen LogP contribution in [0.1, 0.15) is 25.2 Å². The van der Waals surface area contributed by atoms with E-state index in [1.807, 2.05) is 33.8 Å². The van der Waals surface area contributed by atoms with Gasteiger partial charge < -0.3 is 0 Å². The summed E-state index contributed by atoms with van der Waals surface area (Å²) < 4.78 is 0. The van der Waals surface area contributed by atoms with Gasteiger partial charge >= 0.3 is 0 Å². The van der Waals surface area contributed by atoms with Gasteiger partial charge in [-0.1, -0.05) is 0 Å². The Morgan fingerprint density at radius 3 is 2.19 bits per heavy atom. The molecule has 0 bridgehead atoms. The summed E-state index contributed by atoms with van der Waals surface area (Å²) in [5.41, 5.74) is 2.47. The molecule has 1 aromatic rings. The van der Waals surface area contributed by atoms with E-state index in [2.05, 4.69) is 15.1 Å². The van der Waals surface area contributed by atoms with Crippen molar-refractivity contribution in [1.29, 1.82) is 0 Å². The second-order valence-electron chi connectivity index (χ2n) is 4.06. The van der Waals surface area contributed by atoms with E-state index in [1.54, 1.807) is 0 Å². The average Bonchev–Trinajstić information content (AvgIpc) is 2.44. The van der Waals surface area contributed by atoms with Crippen molar-refractivity contribution in [3.63, 3.8) is 0 Å². The van der Waals surface area contributed by atoms with Crippen LogP contribution >= 0.6 is 0 Å². The minimum Gasteiger partial charge on any atom is -0.272 e. The summed E-state index contributed by atoms with van der Waals surface area (Å²) >= 11 is 0. The normalized spacial score (nSPS) is 20.2. The van der Waals surface area contributed by atoms with Gasteiger partial charge in [-0.25, -0.2) is 9.97 Å². The maximum atomic E-state index is 11.9. The maximum Gasteiger partial charge on any atom is 0.258 e.